The van der Waals surface area contributed by atoms with Crippen LogP contribution in [0.25, 0.3) is 0 Å². The normalized spacial score (nSPS) is 22.0. The highest BCUT2D eigenvalue weighted by Gasteiger charge is 2.33. The topological polar surface area (TPSA) is 93.8 Å². The number of aromatic nitrogens is 2. The number of hydrogen-bond acceptors (Lipinski definition) is 4. The number of piperidine rings is 1. The second-order valence-electron chi connectivity index (χ2n) is 7.35. The Morgan fingerprint density at radius 2 is 2.04 bits per heavy atom. The van der Waals surface area contributed by atoms with Gasteiger partial charge in [-0.05, 0) is 40.0 Å². The van der Waals surface area contributed by atoms with Crippen LogP contribution < -0.4 is 0 Å². The van der Waals surface area contributed by atoms with Crippen molar-refractivity contribution in [1.82, 2.24) is 14.7 Å². The molecule has 1 atom stereocenters. The van der Waals surface area contributed by atoms with Crippen LogP contribution in [0, 0.1) is 0 Å². The number of rotatable bonds is 2. The average Bonchev–Trinajstić information content (AvgIpc) is 3.09. The summed E-state index contributed by atoms with van der Waals surface area (Å²) in [6.45, 7) is 6.85. The Morgan fingerprint density at radius 1 is 1.38 bits per heavy atom. The highest BCUT2D eigenvalue weighted by atomic mass is 32.2. The molecule has 7 nitrogen and oxygen atoms in total. The minimum absolute atomic E-state index is 0.233. The maximum atomic E-state index is 12.3. The van der Waals surface area contributed by atoms with Crippen molar-refractivity contribution in [1.29, 1.82) is 0 Å². The van der Waals surface area contributed by atoms with E-state index in [2.05, 4.69) is 9.50 Å². The molecule has 3 rings (SSSR count). The molecule has 0 aromatic carbocycles. The Hall–Kier alpha value is -1.54. The molecule has 0 spiro atoms. The van der Waals surface area contributed by atoms with Gasteiger partial charge >= 0.3 is 6.09 Å². The Balaban J connectivity index is 1.76. The highest BCUT2D eigenvalue weighted by Crippen LogP contribution is 2.31. The van der Waals surface area contributed by atoms with Crippen LogP contribution in [0.15, 0.2) is 10.6 Å². The van der Waals surface area contributed by atoms with Crippen molar-refractivity contribution in [2.75, 3.05) is 13.1 Å². The maximum absolute atomic E-state index is 12.3. The zero-order chi connectivity index (χ0) is 17.5. The quantitative estimate of drug-likeness (QED) is 0.827. The fraction of sp³-hybridized carbons (Fsp3) is 0.688. The third-order valence-corrected chi connectivity index (χ3v) is 6.04. The van der Waals surface area contributed by atoms with E-state index in [4.69, 9.17) is 5.11 Å². The van der Waals surface area contributed by atoms with Crippen LogP contribution in [0.5, 0.6) is 0 Å². The zero-order valence-corrected chi connectivity index (χ0v) is 15.2. The van der Waals surface area contributed by atoms with Crippen LogP contribution in [0.2, 0.25) is 0 Å². The Morgan fingerprint density at radius 3 is 2.62 bits per heavy atom. The number of fused-ring (bicyclic) bond motifs is 1. The smallest absolute Gasteiger partial charge is 0.407 e. The molecule has 1 aromatic heterocycles. The van der Waals surface area contributed by atoms with Gasteiger partial charge in [0.15, 0.2) is 0 Å². The lowest BCUT2D eigenvalue weighted by molar-refractivity contribution is 0.123. The highest BCUT2D eigenvalue weighted by molar-refractivity contribution is 7.91. The van der Waals surface area contributed by atoms with E-state index in [0.29, 0.717) is 13.1 Å². The molecule has 24 heavy (non-hydrogen) atoms. The number of nitrogens with zero attached hydrogens (tertiary/aromatic N) is 4. The van der Waals surface area contributed by atoms with E-state index >= 15 is 0 Å². The summed E-state index contributed by atoms with van der Waals surface area (Å²) >= 11 is -1.26. The summed E-state index contributed by atoms with van der Waals surface area (Å²) < 4.78 is 18.4. The Labute approximate surface area is 145 Å². The van der Waals surface area contributed by atoms with Crippen molar-refractivity contribution in [2.45, 2.75) is 57.2 Å². The molecule has 1 saturated heterocycles. The third-order valence-electron chi connectivity index (χ3n) is 4.61. The summed E-state index contributed by atoms with van der Waals surface area (Å²) in [6.07, 6.45) is 4.18. The standard InChI is InChI=1S/C16H24N4O3S/c1-16(2,3)24(23)18-13-4-5-14-12(13)10-17-20(14)11-6-8-19(9-7-11)15(21)22/h10-11H,4-9H2,1-3H3,(H,21,22)/b18-13+. The molecule has 1 fully saturated rings. The molecule has 1 N–H and O–H groups in total. The van der Waals surface area contributed by atoms with Gasteiger partial charge in [-0.3, -0.25) is 4.68 Å². The first-order chi connectivity index (χ1) is 11.3. The predicted octanol–water partition coefficient (Wildman–Crippen LogP) is 2.40. The summed E-state index contributed by atoms with van der Waals surface area (Å²) in [5.41, 5.74) is 3.04. The lowest BCUT2D eigenvalue weighted by atomic mass is 10.1. The summed E-state index contributed by atoms with van der Waals surface area (Å²) in [4.78, 5) is 12.5. The van der Waals surface area contributed by atoms with Gasteiger partial charge in [0.2, 0.25) is 0 Å². The lowest BCUT2D eigenvalue weighted by Gasteiger charge is -2.30. The van der Waals surface area contributed by atoms with Gasteiger partial charge in [0.05, 0.1) is 12.2 Å². The molecule has 2 aliphatic rings. The molecule has 8 heteroatoms. The molecule has 0 radical (unpaired) electrons. The molecule has 1 amide bonds. The molecule has 1 aliphatic heterocycles. The summed E-state index contributed by atoms with van der Waals surface area (Å²) in [6, 6.07) is 0.233. The number of likely N-dealkylation sites (tertiary alicyclic amines) is 1. The minimum Gasteiger partial charge on any atom is -0.591 e. The van der Waals surface area contributed by atoms with Crippen molar-refractivity contribution < 1.29 is 14.5 Å². The first-order valence-corrected chi connectivity index (χ1v) is 9.42. The van der Waals surface area contributed by atoms with Crippen LogP contribution in [0.3, 0.4) is 0 Å². The summed E-state index contributed by atoms with van der Waals surface area (Å²) in [7, 11) is 0. The molecule has 1 unspecified atom stereocenters. The van der Waals surface area contributed by atoms with E-state index in [-0.39, 0.29) is 10.8 Å². The van der Waals surface area contributed by atoms with Gasteiger partial charge in [-0.1, -0.05) is 4.40 Å². The number of carboxylic acid groups (broad SMARTS) is 1. The number of hydrogen-bond donors (Lipinski definition) is 1. The van der Waals surface area contributed by atoms with Gasteiger partial charge < -0.3 is 14.6 Å². The molecule has 2 heterocycles. The number of carbonyl (C=O) groups is 1. The van der Waals surface area contributed by atoms with E-state index in [9.17, 15) is 9.35 Å². The van der Waals surface area contributed by atoms with Crippen molar-refractivity contribution >= 4 is 23.2 Å². The number of amides is 1. The first kappa shape index (κ1) is 17.3. The van der Waals surface area contributed by atoms with Crippen molar-refractivity contribution in [2.24, 2.45) is 4.40 Å². The zero-order valence-electron chi connectivity index (χ0n) is 14.4. The van der Waals surface area contributed by atoms with Gasteiger partial charge in [0.25, 0.3) is 0 Å². The van der Waals surface area contributed by atoms with Gasteiger partial charge in [-0.15, -0.1) is 0 Å². The van der Waals surface area contributed by atoms with Gasteiger partial charge in [-0.2, -0.15) is 5.10 Å². The minimum atomic E-state index is -1.26. The van der Waals surface area contributed by atoms with Crippen LogP contribution >= 0.6 is 0 Å². The van der Waals surface area contributed by atoms with E-state index < -0.39 is 17.5 Å². The van der Waals surface area contributed by atoms with E-state index in [1.54, 1.807) is 0 Å². The molecule has 0 bridgehead atoms. The van der Waals surface area contributed by atoms with Gasteiger partial charge in [0, 0.05) is 30.8 Å². The van der Waals surface area contributed by atoms with Crippen LogP contribution in [-0.4, -0.2) is 54.0 Å². The van der Waals surface area contributed by atoms with Crippen LogP contribution in [0.4, 0.5) is 4.79 Å². The average molecular weight is 352 g/mol. The monoisotopic (exact) mass is 352 g/mol. The predicted molar refractivity (Wildman–Crippen MR) is 92.8 cm³/mol. The Bertz CT molecular complexity index is 657. The SMILES string of the molecule is CC(C)(C)[S+]([O-])/N=C1\CCc2c1cnn2C1CCN(C(=O)O)CC1. The molecule has 132 valence electrons. The maximum Gasteiger partial charge on any atom is 0.407 e. The lowest BCUT2D eigenvalue weighted by Crippen LogP contribution is -2.38. The summed E-state index contributed by atoms with van der Waals surface area (Å²) in [5, 5.41) is 13.6. The van der Waals surface area contributed by atoms with E-state index in [0.717, 1.165) is 42.7 Å². The molecule has 0 saturated carbocycles. The van der Waals surface area contributed by atoms with Gasteiger partial charge in [0.1, 0.15) is 21.8 Å². The molecule has 1 aliphatic carbocycles. The first-order valence-electron chi connectivity index (χ1n) is 8.31. The fourth-order valence-corrected chi connectivity index (χ4v) is 3.86. The molecular formula is C16H24N4O3S. The van der Waals surface area contributed by atoms with Crippen molar-refractivity contribution in [3.63, 3.8) is 0 Å². The second kappa shape index (κ2) is 6.40. The van der Waals surface area contributed by atoms with Gasteiger partial charge in [-0.25, -0.2) is 4.79 Å². The van der Waals surface area contributed by atoms with E-state index in [1.165, 1.54) is 4.90 Å². The Kier molecular flexibility index (Phi) is 4.61. The van der Waals surface area contributed by atoms with Crippen molar-refractivity contribution in [3.8, 4) is 0 Å². The molecular weight excluding hydrogens is 328 g/mol. The molecule has 1 aromatic rings. The van der Waals surface area contributed by atoms with E-state index in [1.807, 2.05) is 31.6 Å². The van der Waals surface area contributed by atoms with Crippen molar-refractivity contribution in [3.05, 3.63) is 17.5 Å². The fourth-order valence-electron chi connectivity index (χ4n) is 3.20. The second-order valence-corrected chi connectivity index (χ2v) is 9.26. The largest absolute Gasteiger partial charge is 0.591 e. The van der Waals surface area contributed by atoms with Crippen LogP contribution in [-0.2, 0) is 17.8 Å². The van der Waals surface area contributed by atoms with Crippen LogP contribution in [0.1, 0.15) is 57.3 Å². The third kappa shape index (κ3) is 3.30. The summed E-state index contributed by atoms with van der Waals surface area (Å²) in [5.74, 6) is 0.